The Labute approximate surface area is 150 Å². The van der Waals surface area contributed by atoms with Crippen LogP contribution in [0.15, 0.2) is 23.5 Å². The highest BCUT2D eigenvalue weighted by molar-refractivity contribution is 5.79. The highest BCUT2D eigenvalue weighted by Gasteiger charge is 2.18. The van der Waals surface area contributed by atoms with Crippen molar-refractivity contribution < 1.29 is 0 Å². The molecule has 1 saturated carbocycles. The van der Waals surface area contributed by atoms with Gasteiger partial charge in [0.15, 0.2) is 5.96 Å². The van der Waals surface area contributed by atoms with Gasteiger partial charge in [0.05, 0.1) is 0 Å². The van der Waals surface area contributed by atoms with Crippen LogP contribution in [0.1, 0.15) is 32.1 Å². The van der Waals surface area contributed by atoms with Crippen molar-refractivity contribution >= 4 is 11.9 Å². The Morgan fingerprint density at radius 3 is 2.56 bits per heavy atom. The number of piperazine rings is 1. The minimum absolute atomic E-state index is 0.611. The largest absolute Gasteiger partial charge is 0.356 e. The average molecular weight is 345 g/mol. The topological polar surface area (TPSA) is 68.7 Å². The summed E-state index contributed by atoms with van der Waals surface area (Å²) in [5.41, 5.74) is 0. The predicted molar refractivity (Wildman–Crippen MR) is 102 cm³/mol. The lowest BCUT2D eigenvalue weighted by Gasteiger charge is -2.34. The monoisotopic (exact) mass is 345 g/mol. The first-order valence-electron chi connectivity index (χ1n) is 9.56. The lowest BCUT2D eigenvalue weighted by atomic mass is 10.2. The molecule has 0 unspecified atom stereocenters. The summed E-state index contributed by atoms with van der Waals surface area (Å²) in [7, 11) is 1.86. The summed E-state index contributed by atoms with van der Waals surface area (Å²) in [6, 6.07) is 2.47. The molecule has 1 aromatic rings. The first-order valence-corrected chi connectivity index (χ1v) is 9.56. The molecule has 0 amide bonds. The van der Waals surface area contributed by atoms with E-state index in [1.807, 2.05) is 25.5 Å². The Bertz CT molecular complexity index is 519. The minimum Gasteiger partial charge on any atom is -0.356 e. The molecule has 1 aliphatic carbocycles. The highest BCUT2D eigenvalue weighted by Crippen LogP contribution is 2.17. The van der Waals surface area contributed by atoms with E-state index in [1.165, 1.54) is 25.7 Å². The van der Waals surface area contributed by atoms with Gasteiger partial charge in [0, 0.05) is 58.2 Å². The SMILES string of the molecule is CN=C(NCCCN1CCN(c2ncccn2)CC1)NC1CCCC1. The summed E-state index contributed by atoms with van der Waals surface area (Å²) < 4.78 is 0. The van der Waals surface area contributed by atoms with Crippen LogP contribution < -0.4 is 15.5 Å². The van der Waals surface area contributed by atoms with E-state index in [0.29, 0.717) is 6.04 Å². The van der Waals surface area contributed by atoms with Crippen molar-refractivity contribution in [2.45, 2.75) is 38.1 Å². The Morgan fingerprint density at radius 2 is 1.88 bits per heavy atom. The van der Waals surface area contributed by atoms with E-state index in [1.54, 1.807) is 0 Å². The number of rotatable bonds is 6. The quantitative estimate of drug-likeness (QED) is 0.457. The number of guanidine groups is 1. The van der Waals surface area contributed by atoms with E-state index >= 15 is 0 Å². The minimum atomic E-state index is 0.611. The van der Waals surface area contributed by atoms with Gasteiger partial charge in [0.25, 0.3) is 0 Å². The van der Waals surface area contributed by atoms with Crippen molar-refractivity contribution in [2.24, 2.45) is 4.99 Å². The summed E-state index contributed by atoms with van der Waals surface area (Å²) in [5.74, 6) is 1.81. The number of hydrogen-bond acceptors (Lipinski definition) is 5. The van der Waals surface area contributed by atoms with Gasteiger partial charge >= 0.3 is 0 Å². The fourth-order valence-corrected chi connectivity index (χ4v) is 3.59. The first kappa shape index (κ1) is 17.9. The van der Waals surface area contributed by atoms with Gasteiger partial charge in [-0.05, 0) is 31.9 Å². The van der Waals surface area contributed by atoms with Gasteiger partial charge in [0.1, 0.15) is 0 Å². The molecule has 0 atom stereocenters. The second kappa shape index (κ2) is 9.56. The fourth-order valence-electron chi connectivity index (χ4n) is 3.59. The molecule has 1 aromatic heterocycles. The molecule has 7 nitrogen and oxygen atoms in total. The van der Waals surface area contributed by atoms with Gasteiger partial charge in [-0.1, -0.05) is 12.8 Å². The Balaban J connectivity index is 1.29. The first-order chi connectivity index (χ1) is 12.3. The van der Waals surface area contributed by atoms with E-state index < -0.39 is 0 Å². The van der Waals surface area contributed by atoms with Crippen molar-refractivity contribution in [1.29, 1.82) is 0 Å². The molecule has 2 heterocycles. The summed E-state index contributed by atoms with van der Waals surface area (Å²) in [6.07, 6.45) is 9.99. The summed E-state index contributed by atoms with van der Waals surface area (Å²) in [6.45, 7) is 6.25. The van der Waals surface area contributed by atoms with Crippen LogP contribution in [0.25, 0.3) is 0 Å². The molecule has 3 rings (SSSR count). The molecule has 2 aliphatic rings. The zero-order valence-corrected chi connectivity index (χ0v) is 15.3. The number of nitrogens with zero attached hydrogens (tertiary/aromatic N) is 5. The molecular weight excluding hydrogens is 314 g/mol. The Kier molecular flexibility index (Phi) is 6.85. The third-order valence-corrected chi connectivity index (χ3v) is 5.07. The van der Waals surface area contributed by atoms with Crippen LogP contribution in [-0.2, 0) is 0 Å². The number of hydrogen-bond donors (Lipinski definition) is 2. The van der Waals surface area contributed by atoms with Crippen molar-refractivity contribution in [1.82, 2.24) is 25.5 Å². The standard InChI is InChI=1S/C18H31N7/c1-19-17(23-16-6-2-3-7-16)20-10-5-11-24-12-14-25(15-13-24)18-21-8-4-9-22-18/h4,8-9,16H,2-3,5-7,10-15H2,1H3,(H2,19,20,23). The van der Waals surface area contributed by atoms with E-state index in [0.717, 1.165) is 57.6 Å². The Morgan fingerprint density at radius 1 is 1.16 bits per heavy atom. The van der Waals surface area contributed by atoms with Gasteiger partial charge in [-0.25, -0.2) is 9.97 Å². The van der Waals surface area contributed by atoms with Crippen molar-refractivity contribution in [3.63, 3.8) is 0 Å². The number of aromatic nitrogens is 2. The summed E-state index contributed by atoms with van der Waals surface area (Å²) in [4.78, 5) is 17.8. The Hall–Kier alpha value is -1.89. The maximum absolute atomic E-state index is 4.34. The molecule has 25 heavy (non-hydrogen) atoms. The van der Waals surface area contributed by atoms with Gasteiger partial charge in [-0.15, -0.1) is 0 Å². The van der Waals surface area contributed by atoms with Crippen LogP contribution in [0.4, 0.5) is 5.95 Å². The summed E-state index contributed by atoms with van der Waals surface area (Å²) >= 11 is 0. The van der Waals surface area contributed by atoms with Gasteiger partial charge in [-0.2, -0.15) is 0 Å². The number of anilines is 1. The lowest BCUT2D eigenvalue weighted by Crippen LogP contribution is -2.48. The number of aliphatic imine (C=N–C) groups is 1. The van der Waals surface area contributed by atoms with Gasteiger partial charge in [-0.3, -0.25) is 9.89 Å². The molecule has 138 valence electrons. The molecule has 0 spiro atoms. The van der Waals surface area contributed by atoms with Gasteiger partial charge in [0.2, 0.25) is 5.95 Å². The zero-order valence-electron chi connectivity index (χ0n) is 15.3. The smallest absolute Gasteiger partial charge is 0.225 e. The van der Waals surface area contributed by atoms with Crippen LogP contribution in [0.2, 0.25) is 0 Å². The second-order valence-corrected chi connectivity index (χ2v) is 6.86. The number of nitrogens with one attached hydrogen (secondary N) is 2. The van der Waals surface area contributed by atoms with Crippen LogP contribution in [0.5, 0.6) is 0 Å². The molecule has 0 bridgehead atoms. The van der Waals surface area contributed by atoms with Crippen LogP contribution in [0.3, 0.4) is 0 Å². The fraction of sp³-hybridized carbons (Fsp3) is 0.722. The normalized spacial score (nSPS) is 20.0. The van der Waals surface area contributed by atoms with Crippen LogP contribution in [-0.4, -0.2) is 73.2 Å². The van der Waals surface area contributed by atoms with E-state index in [4.69, 9.17) is 0 Å². The third-order valence-electron chi connectivity index (χ3n) is 5.07. The van der Waals surface area contributed by atoms with Crippen LogP contribution in [0, 0.1) is 0 Å². The van der Waals surface area contributed by atoms with Crippen molar-refractivity contribution in [3.8, 4) is 0 Å². The molecule has 0 aromatic carbocycles. The third kappa shape index (κ3) is 5.56. The zero-order chi connectivity index (χ0) is 17.3. The predicted octanol–water partition coefficient (Wildman–Crippen LogP) is 1.10. The molecule has 2 fully saturated rings. The van der Waals surface area contributed by atoms with Gasteiger partial charge < -0.3 is 15.5 Å². The average Bonchev–Trinajstić information content (AvgIpc) is 3.18. The maximum Gasteiger partial charge on any atom is 0.225 e. The maximum atomic E-state index is 4.34. The van der Waals surface area contributed by atoms with E-state index in [9.17, 15) is 0 Å². The second-order valence-electron chi connectivity index (χ2n) is 6.86. The molecule has 0 radical (unpaired) electrons. The lowest BCUT2D eigenvalue weighted by molar-refractivity contribution is 0.254. The molecule has 1 saturated heterocycles. The van der Waals surface area contributed by atoms with Crippen LogP contribution >= 0.6 is 0 Å². The van der Waals surface area contributed by atoms with E-state index in [-0.39, 0.29) is 0 Å². The van der Waals surface area contributed by atoms with E-state index in [2.05, 4.69) is 35.4 Å². The molecular formula is C18H31N7. The molecule has 2 N–H and O–H groups in total. The van der Waals surface area contributed by atoms with Crippen molar-refractivity contribution in [2.75, 3.05) is 51.2 Å². The molecule has 7 heteroatoms. The molecule has 1 aliphatic heterocycles. The highest BCUT2D eigenvalue weighted by atomic mass is 15.3. The summed E-state index contributed by atoms with van der Waals surface area (Å²) in [5, 5.41) is 6.99. The van der Waals surface area contributed by atoms with Crippen molar-refractivity contribution in [3.05, 3.63) is 18.5 Å².